The molecule has 2 rings (SSSR count). The third kappa shape index (κ3) is 5.69. The van der Waals surface area contributed by atoms with Gasteiger partial charge < -0.3 is 24.8 Å². The molecule has 1 aromatic rings. The number of nitrogens with one attached hydrogen (secondary N) is 2. The van der Waals surface area contributed by atoms with Crippen molar-refractivity contribution in [1.82, 2.24) is 10.6 Å². The highest BCUT2D eigenvalue weighted by Crippen LogP contribution is 2.30. The van der Waals surface area contributed by atoms with Crippen molar-refractivity contribution in [2.24, 2.45) is 5.41 Å². The molecule has 26 heavy (non-hydrogen) atoms. The Labute approximate surface area is 156 Å². The molecule has 1 fully saturated rings. The van der Waals surface area contributed by atoms with E-state index >= 15 is 0 Å². The van der Waals surface area contributed by atoms with Gasteiger partial charge in [-0.05, 0) is 51.4 Å². The molecule has 6 nitrogen and oxygen atoms in total. The van der Waals surface area contributed by atoms with Crippen LogP contribution in [0.1, 0.15) is 30.9 Å². The first-order valence-electron chi connectivity index (χ1n) is 9.39. The molecule has 1 saturated heterocycles. The van der Waals surface area contributed by atoms with E-state index in [0.29, 0.717) is 33.0 Å². The molecule has 0 spiro atoms. The monoisotopic (exact) mass is 364 g/mol. The Kier molecular flexibility index (Phi) is 8.35. The molecule has 1 aliphatic rings. The third-order valence-corrected chi connectivity index (χ3v) is 4.81. The summed E-state index contributed by atoms with van der Waals surface area (Å²) in [5.41, 5.74) is 1.66. The van der Waals surface area contributed by atoms with E-state index in [0.717, 1.165) is 42.8 Å². The fraction of sp³-hybridized carbons (Fsp3) is 0.650. The van der Waals surface area contributed by atoms with Gasteiger partial charge in [0.2, 0.25) is 5.91 Å². The first-order valence-corrected chi connectivity index (χ1v) is 9.39. The maximum absolute atomic E-state index is 12.9. The standard InChI is InChI=1S/C20H32N2O4/c1-4-25-11-12-26-18-13-16(2)5-6-17(18)14-22-19(23)20(15-24-3)7-9-21-10-8-20/h5-6,13,21H,4,7-12,14-15H2,1-3H3,(H,22,23). The van der Waals surface area contributed by atoms with Crippen LogP contribution in [0, 0.1) is 12.3 Å². The van der Waals surface area contributed by atoms with Gasteiger partial charge in [0.05, 0.1) is 18.6 Å². The molecule has 0 aliphatic carbocycles. The zero-order valence-corrected chi connectivity index (χ0v) is 16.2. The number of aryl methyl sites for hydroxylation is 1. The van der Waals surface area contributed by atoms with Crippen LogP contribution in [-0.4, -0.2) is 52.5 Å². The Morgan fingerprint density at radius 1 is 1.27 bits per heavy atom. The van der Waals surface area contributed by atoms with E-state index in [9.17, 15) is 4.79 Å². The van der Waals surface area contributed by atoms with E-state index < -0.39 is 5.41 Å². The van der Waals surface area contributed by atoms with Crippen molar-refractivity contribution in [3.05, 3.63) is 29.3 Å². The molecule has 2 N–H and O–H groups in total. The van der Waals surface area contributed by atoms with Gasteiger partial charge in [0.25, 0.3) is 0 Å². The van der Waals surface area contributed by atoms with Gasteiger partial charge >= 0.3 is 0 Å². The predicted octanol–water partition coefficient (Wildman–Crippen LogP) is 2.04. The summed E-state index contributed by atoms with van der Waals surface area (Å²) in [5.74, 6) is 0.859. The molecule has 0 bridgehead atoms. The number of hydrogen-bond acceptors (Lipinski definition) is 5. The smallest absolute Gasteiger partial charge is 0.228 e. The highest BCUT2D eigenvalue weighted by molar-refractivity contribution is 5.83. The molecule has 6 heteroatoms. The van der Waals surface area contributed by atoms with Crippen LogP contribution in [0.25, 0.3) is 0 Å². The Morgan fingerprint density at radius 3 is 2.73 bits per heavy atom. The van der Waals surface area contributed by atoms with Gasteiger partial charge in [0, 0.05) is 25.8 Å². The van der Waals surface area contributed by atoms with Crippen LogP contribution in [-0.2, 0) is 20.8 Å². The van der Waals surface area contributed by atoms with E-state index in [1.165, 1.54) is 0 Å². The van der Waals surface area contributed by atoms with Gasteiger partial charge in [0.1, 0.15) is 12.4 Å². The van der Waals surface area contributed by atoms with Gasteiger partial charge in [-0.1, -0.05) is 12.1 Å². The van der Waals surface area contributed by atoms with Crippen molar-refractivity contribution in [3.8, 4) is 5.75 Å². The molecule has 0 aromatic heterocycles. The van der Waals surface area contributed by atoms with Crippen LogP contribution >= 0.6 is 0 Å². The Bertz CT molecular complexity index is 565. The summed E-state index contributed by atoms with van der Waals surface area (Å²) >= 11 is 0. The number of ether oxygens (including phenoxy) is 3. The van der Waals surface area contributed by atoms with Crippen LogP contribution in [0.3, 0.4) is 0 Å². The highest BCUT2D eigenvalue weighted by Gasteiger charge is 2.39. The number of benzene rings is 1. The zero-order chi connectivity index (χ0) is 18.8. The Morgan fingerprint density at radius 2 is 2.04 bits per heavy atom. The summed E-state index contributed by atoms with van der Waals surface area (Å²) < 4.78 is 16.5. The van der Waals surface area contributed by atoms with Crippen molar-refractivity contribution in [1.29, 1.82) is 0 Å². The normalized spacial score (nSPS) is 16.3. The van der Waals surface area contributed by atoms with E-state index in [2.05, 4.69) is 10.6 Å². The SMILES string of the molecule is CCOCCOc1cc(C)ccc1CNC(=O)C1(COC)CCNCC1. The predicted molar refractivity (Wildman–Crippen MR) is 101 cm³/mol. The van der Waals surface area contributed by atoms with Crippen molar-refractivity contribution in [2.75, 3.05) is 46.6 Å². The molecule has 0 unspecified atom stereocenters. The van der Waals surface area contributed by atoms with Gasteiger partial charge in [-0.2, -0.15) is 0 Å². The van der Waals surface area contributed by atoms with Crippen molar-refractivity contribution in [3.63, 3.8) is 0 Å². The number of methoxy groups -OCH3 is 1. The average Bonchev–Trinajstić information content (AvgIpc) is 2.65. The quantitative estimate of drug-likeness (QED) is 0.622. The minimum atomic E-state index is -0.444. The minimum Gasteiger partial charge on any atom is -0.491 e. The second-order valence-corrected chi connectivity index (χ2v) is 6.80. The van der Waals surface area contributed by atoms with Gasteiger partial charge in [-0.25, -0.2) is 0 Å². The number of amides is 1. The molecular formula is C20H32N2O4. The number of rotatable bonds is 10. The lowest BCUT2D eigenvalue weighted by atomic mass is 9.78. The first-order chi connectivity index (χ1) is 12.6. The summed E-state index contributed by atoms with van der Waals surface area (Å²) in [5, 5.41) is 6.41. The summed E-state index contributed by atoms with van der Waals surface area (Å²) in [7, 11) is 1.65. The molecule has 1 aromatic carbocycles. The van der Waals surface area contributed by atoms with Crippen molar-refractivity contribution < 1.29 is 19.0 Å². The van der Waals surface area contributed by atoms with Crippen LogP contribution in [0.4, 0.5) is 0 Å². The third-order valence-electron chi connectivity index (χ3n) is 4.81. The molecule has 0 radical (unpaired) electrons. The topological polar surface area (TPSA) is 68.8 Å². The van der Waals surface area contributed by atoms with Gasteiger partial charge in [-0.3, -0.25) is 4.79 Å². The van der Waals surface area contributed by atoms with E-state index in [1.807, 2.05) is 32.0 Å². The lowest BCUT2D eigenvalue weighted by Gasteiger charge is -2.35. The summed E-state index contributed by atoms with van der Waals surface area (Å²) in [6.07, 6.45) is 1.58. The van der Waals surface area contributed by atoms with Crippen LogP contribution < -0.4 is 15.4 Å². The highest BCUT2D eigenvalue weighted by atomic mass is 16.5. The maximum atomic E-state index is 12.9. The Balaban J connectivity index is 1.99. The minimum absolute atomic E-state index is 0.0571. The summed E-state index contributed by atoms with van der Waals surface area (Å²) in [4.78, 5) is 12.9. The van der Waals surface area contributed by atoms with E-state index in [4.69, 9.17) is 14.2 Å². The molecular weight excluding hydrogens is 332 g/mol. The van der Waals surface area contributed by atoms with Crippen LogP contribution in [0.5, 0.6) is 5.75 Å². The lowest BCUT2D eigenvalue weighted by Crippen LogP contribution is -2.50. The number of piperidine rings is 1. The molecule has 0 atom stereocenters. The fourth-order valence-corrected chi connectivity index (χ4v) is 3.28. The van der Waals surface area contributed by atoms with Crippen molar-refractivity contribution >= 4 is 5.91 Å². The Hall–Kier alpha value is -1.63. The molecule has 0 saturated carbocycles. The second kappa shape index (κ2) is 10.5. The largest absolute Gasteiger partial charge is 0.491 e. The summed E-state index contributed by atoms with van der Waals surface area (Å²) in [6.45, 7) is 8.30. The van der Waals surface area contributed by atoms with Gasteiger partial charge in [0.15, 0.2) is 0 Å². The summed E-state index contributed by atoms with van der Waals surface area (Å²) in [6, 6.07) is 6.05. The average molecular weight is 364 g/mol. The van der Waals surface area contributed by atoms with Crippen LogP contribution in [0.2, 0.25) is 0 Å². The van der Waals surface area contributed by atoms with Gasteiger partial charge in [-0.15, -0.1) is 0 Å². The fourth-order valence-electron chi connectivity index (χ4n) is 3.28. The van der Waals surface area contributed by atoms with E-state index in [1.54, 1.807) is 7.11 Å². The van der Waals surface area contributed by atoms with Crippen molar-refractivity contribution in [2.45, 2.75) is 33.2 Å². The molecule has 1 aliphatic heterocycles. The first kappa shape index (κ1) is 20.7. The molecule has 1 amide bonds. The number of hydrogen-bond donors (Lipinski definition) is 2. The molecule has 1 heterocycles. The lowest BCUT2D eigenvalue weighted by molar-refractivity contribution is -0.136. The zero-order valence-electron chi connectivity index (χ0n) is 16.2. The number of carbonyl (C=O) groups excluding carboxylic acids is 1. The maximum Gasteiger partial charge on any atom is 0.228 e. The number of carbonyl (C=O) groups is 1. The second-order valence-electron chi connectivity index (χ2n) is 6.80. The van der Waals surface area contributed by atoms with Crippen LogP contribution in [0.15, 0.2) is 18.2 Å². The van der Waals surface area contributed by atoms with E-state index in [-0.39, 0.29) is 5.91 Å². The molecule has 146 valence electrons.